The normalized spacial score (nSPS) is 19.7. The highest BCUT2D eigenvalue weighted by Crippen LogP contribution is 1.98. The van der Waals surface area contributed by atoms with Crippen LogP contribution in [0.5, 0.6) is 0 Å². The minimum absolute atomic E-state index is 0. The van der Waals surface area contributed by atoms with E-state index in [1.54, 1.807) is 0 Å². The summed E-state index contributed by atoms with van der Waals surface area (Å²) in [4.78, 5) is 4.67. The van der Waals surface area contributed by atoms with Gasteiger partial charge in [0.1, 0.15) is 0 Å². The van der Waals surface area contributed by atoms with Gasteiger partial charge in [0.25, 0.3) is 0 Å². The van der Waals surface area contributed by atoms with Crippen molar-refractivity contribution in [2.75, 3.05) is 39.8 Å². The van der Waals surface area contributed by atoms with Crippen molar-refractivity contribution in [3.8, 4) is 6.07 Å². The number of nitriles is 1. The van der Waals surface area contributed by atoms with Crippen molar-refractivity contribution in [3.63, 3.8) is 0 Å². The van der Waals surface area contributed by atoms with Crippen molar-refractivity contribution in [1.29, 1.82) is 5.26 Å². The van der Waals surface area contributed by atoms with Crippen molar-refractivity contribution in [1.82, 2.24) is 9.80 Å². The Morgan fingerprint density at radius 3 is 2.33 bits per heavy atom. The van der Waals surface area contributed by atoms with Crippen LogP contribution in [0.4, 0.5) is 0 Å². The average molecular weight is 190 g/mol. The van der Waals surface area contributed by atoms with Crippen molar-refractivity contribution < 1.29 is 0 Å². The monoisotopic (exact) mass is 189 g/mol. The number of likely N-dealkylation sites (N-methyl/N-ethyl adjacent to an activating group) is 1. The lowest BCUT2D eigenvalue weighted by molar-refractivity contribution is 0.156. The Morgan fingerprint density at radius 2 is 1.83 bits per heavy atom. The van der Waals surface area contributed by atoms with E-state index in [1.165, 1.54) is 0 Å². The molecule has 0 atom stereocenters. The molecule has 0 unspecified atom stereocenters. The highest BCUT2D eigenvalue weighted by Gasteiger charge is 2.12. The Balaban J connectivity index is 0.00000121. The van der Waals surface area contributed by atoms with Gasteiger partial charge in [0.05, 0.1) is 6.07 Å². The molecular formula is C8H16ClN3. The maximum atomic E-state index is 8.36. The van der Waals surface area contributed by atoms with Crippen molar-refractivity contribution >= 4 is 12.4 Å². The molecule has 3 nitrogen and oxygen atoms in total. The summed E-state index contributed by atoms with van der Waals surface area (Å²) in [5, 5.41) is 8.36. The first-order valence-corrected chi connectivity index (χ1v) is 4.11. The van der Waals surface area contributed by atoms with Crippen LogP contribution in [0.15, 0.2) is 0 Å². The lowest BCUT2D eigenvalue weighted by atomic mass is 10.3. The number of hydrogen-bond donors (Lipinski definition) is 0. The van der Waals surface area contributed by atoms with E-state index in [0.717, 1.165) is 32.7 Å². The Kier molecular flexibility index (Phi) is 6.09. The summed E-state index contributed by atoms with van der Waals surface area (Å²) in [7, 11) is 2.14. The van der Waals surface area contributed by atoms with Crippen LogP contribution in [0.1, 0.15) is 6.42 Å². The van der Waals surface area contributed by atoms with Crippen LogP contribution in [0.25, 0.3) is 0 Å². The maximum Gasteiger partial charge on any atom is 0.0635 e. The third-order valence-electron chi connectivity index (χ3n) is 2.14. The smallest absolute Gasteiger partial charge is 0.0635 e. The second-order valence-electron chi connectivity index (χ2n) is 3.05. The van der Waals surface area contributed by atoms with Gasteiger partial charge in [-0.1, -0.05) is 0 Å². The number of halogens is 1. The van der Waals surface area contributed by atoms with Gasteiger partial charge in [-0.05, 0) is 7.05 Å². The molecule has 70 valence electrons. The van der Waals surface area contributed by atoms with Crippen LogP contribution in [0.2, 0.25) is 0 Å². The summed E-state index contributed by atoms with van der Waals surface area (Å²) in [5.74, 6) is 0. The summed E-state index contributed by atoms with van der Waals surface area (Å²) >= 11 is 0. The second-order valence-corrected chi connectivity index (χ2v) is 3.05. The fourth-order valence-corrected chi connectivity index (χ4v) is 1.28. The Bertz CT molecular complexity index is 147. The highest BCUT2D eigenvalue weighted by molar-refractivity contribution is 5.85. The Morgan fingerprint density at radius 1 is 1.25 bits per heavy atom. The van der Waals surface area contributed by atoms with E-state index in [9.17, 15) is 0 Å². The molecular weight excluding hydrogens is 174 g/mol. The molecule has 1 rings (SSSR count). The van der Waals surface area contributed by atoms with E-state index in [4.69, 9.17) is 5.26 Å². The minimum Gasteiger partial charge on any atom is -0.304 e. The van der Waals surface area contributed by atoms with E-state index in [-0.39, 0.29) is 12.4 Å². The summed E-state index contributed by atoms with van der Waals surface area (Å²) in [6, 6.07) is 2.17. The molecule has 0 aromatic carbocycles. The van der Waals surface area contributed by atoms with Crippen LogP contribution in [0, 0.1) is 11.3 Å². The fraction of sp³-hybridized carbons (Fsp3) is 0.875. The molecule has 4 heteroatoms. The largest absolute Gasteiger partial charge is 0.304 e. The molecule has 1 aliphatic heterocycles. The van der Waals surface area contributed by atoms with Crippen LogP contribution < -0.4 is 0 Å². The third kappa shape index (κ3) is 3.91. The first kappa shape index (κ1) is 11.7. The molecule has 0 bridgehead atoms. The molecule has 0 aromatic heterocycles. The van der Waals surface area contributed by atoms with Crippen LogP contribution in [-0.2, 0) is 0 Å². The van der Waals surface area contributed by atoms with Gasteiger partial charge in [-0.25, -0.2) is 0 Å². The van der Waals surface area contributed by atoms with E-state index in [2.05, 4.69) is 22.9 Å². The minimum atomic E-state index is 0. The number of piperazine rings is 1. The fourth-order valence-electron chi connectivity index (χ4n) is 1.28. The molecule has 1 fully saturated rings. The van der Waals surface area contributed by atoms with Gasteiger partial charge in [-0.2, -0.15) is 5.26 Å². The van der Waals surface area contributed by atoms with E-state index >= 15 is 0 Å². The predicted molar refractivity (Wildman–Crippen MR) is 51.4 cm³/mol. The molecule has 0 amide bonds. The third-order valence-corrected chi connectivity index (χ3v) is 2.14. The van der Waals surface area contributed by atoms with E-state index in [0.29, 0.717) is 6.42 Å². The number of rotatable bonds is 2. The molecule has 0 N–H and O–H groups in total. The van der Waals surface area contributed by atoms with E-state index in [1.807, 2.05) is 0 Å². The molecule has 1 saturated heterocycles. The summed E-state index contributed by atoms with van der Waals surface area (Å²) in [6.07, 6.45) is 0.670. The van der Waals surface area contributed by atoms with Crippen LogP contribution in [0.3, 0.4) is 0 Å². The lowest BCUT2D eigenvalue weighted by Crippen LogP contribution is -2.44. The SMILES string of the molecule is CN1CCN(CCC#N)CC1.Cl. The Labute approximate surface area is 80.4 Å². The lowest BCUT2D eigenvalue weighted by Gasteiger charge is -2.31. The standard InChI is InChI=1S/C8H15N3.ClH/c1-10-5-7-11(8-6-10)4-2-3-9;/h2,4-8H2,1H3;1H. The molecule has 1 heterocycles. The molecule has 0 aromatic rings. The molecule has 0 radical (unpaired) electrons. The van der Waals surface area contributed by atoms with Crippen molar-refractivity contribution in [2.24, 2.45) is 0 Å². The van der Waals surface area contributed by atoms with Gasteiger partial charge in [-0.3, -0.25) is 4.90 Å². The van der Waals surface area contributed by atoms with E-state index < -0.39 is 0 Å². The quantitative estimate of drug-likeness (QED) is 0.637. The van der Waals surface area contributed by atoms with Gasteiger partial charge in [0.2, 0.25) is 0 Å². The number of nitrogens with zero attached hydrogens (tertiary/aromatic N) is 3. The van der Waals surface area contributed by atoms with Crippen molar-refractivity contribution in [3.05, 3.63) is 0 Å². The van der Waals surface area contributed by atoms with Crippen molar-refractivity contribution in [2.45, 2.75) is 6.42 Å². The maximum absolute atomic E-state index is 8.36. The van der Waals surface area contributed by atoms with Gasteiger partial charge >= 0.3 is 0 Å². The molecule has 12 heavy (non-hydrogen) atoms. The highest BCUT2D eigenvalue weighted by atomic mass is 35.5. The first-order valence-electron chi connectivity index (χ1n) is 4.11. The first-order chi connectivity index (χ1) is 5.33. The topological polar surface area (TPSA) is 30.3 Å². The predicted octanol–water partition coefficient (Wildman–Crippen LogP) is 0.569. The van der Waals surface area contributed by atoms with Gasteiger partial charge in [0.15, 0.2) is 0 Å². The van der Waals surface area contributed by atoms with Gasteiger partial charge in [0, 0.05) is 39.1 Å². The zero-order chi connectivity index (χ0) is 8.10. The molecule has 0 aliphatic carbocycles. The summed E-state index contributed by atoms with van der Waals surface area (Å²) in [6.45, 7) is 5.48. The summed E-state index contributed by atoms with van der Waals surface area (Å²) < 4.78 is 0. The zero-order valence-electron chi connectivity index (χ0n) is 7.49. The van der Waals surface area contributed by atoms with Crippen LogP contribution in [-0.4, -0.2) is 49.6 Å². The summed E-state index contributed by atoms with van der Waals surface area (Å²) in [5.41, 5.74) is 0. The number of hydrogen-bond acceptors (Lipinski definition) is 3. The zero-order valence-corrected chi connectivity index (χ0v) is 8.31. The molecule has 1 aliphatic rings. The molecule has 0 spiro atoms. The average Bonchev–Trinajstić information content (AvgIpc) is 2.04. The van der Waals surface area contributed by atoms with Gasteiger partial charge in [-0.15, -0.1) is 12.4 Å². The van der Waals surface area contributed by atoms with Crippen LogP contribution >= 0.6 is 12.4 Å². The second kappa shape index (κ2) is 6.24. The molecule has 0 saturated carbocycles. The Hall–Kier alpha value is -0.300. The van der Waals surface area contributed by atoms with Gasteiger partial charge < -0.3 is 4.90 Å².